The number of carbonyl (C=O) groups excluding carboxylic acids is 1. The van der Waals surface area contributed by atoms with E-state index < -0.39 is 0 Å². The van der Waals surface area contributed by atoms with Gasteiger partial charge in [-0.05, 0) is 50.7 Å². The molecule has 0 aliphatic carbocycles. The third-order valence-corrected chi connectivity index (χ3v) is 3.51. The molecule has 1 saturated heterocycles. The Balaban J connectivity index is 0.00000180. The van der Waals surface area contributed by atoms with E-state index in [4.69, 9.17) is 0 Å². The zero-order valence-electron chi connectivity index (χ0n) is 11.2. The fourth-order valence-corrected chi connectivity index (χ4v) is 2.33. The summed E-state index contributed by atoms with van der Waals surface area (Å²) >= 11 is 0. The standard InChI is InChI=1S/C14H18FN2O.Y/c1-16-8-6-14(7-9-16)17(11-18)10-12-2-4-13(15)5-3-12;/h2-5,14H,6-10H2,1H3;/q-1;. The van der Waals surface area contributed by atoms with Crippen molar-refractivity contribution in [1.29, 1.82) is 0 Å². The molecule has 0 aromatic heterocycles. The van der Waals surface area contributed by atoms with Crippen molar-refractivity contribution < 1.29 is 41.9 Å². The van der Waals surface area contributed by atoms with Crippen molar-refractivity contribution in [3.63, 3.8) is 0 Å². The van der Waals surface area contributed by atoms with Crippen LogP contribution in [0.1, 0.15) is 18.4 Å². The molecule has 0 unspecified atom stereocenters. The number of benzene rings is 1. The van der Waals surface area contributed by atoms with Crippen LogP contribution in [0.4, 0.5) is 4.39 Å². The van der Waals surface area contributed by atoms with Crippen molar-refractivity contribution in [3.05, 3.63) is 35.6 Å². The van der Waals surface area contributed by atoms with Crippen molar-refractivity contribution in [3.8, 4) is 0 Å². The summed E-state index contributed by atoms with van der Waals surface area (Å²) < 4.78 is 12.8. The summed E-state index contributed by atoms with van der Waals surface area (Å²) in [5.41, 5.74) is 0.943. The zero-order valence-corrected chi connectivity index (χ0v) is 14.0. The number of piperidine rings is 1. The molecule has 1 amide bonds. The Morgan fingerprint density at radius 1 is 1.32 bits per heavy atom. The smallest absolute Gasteiger partial charge is 0.123 e. The first-order valence-electron chi connectivity index (χ1n) is 6.26. The molecule has 1 heterocycles. The fraction of sp³-hybridized carbons (Fsp3) is 0.500. The Kier molecular flexibility index (Phi) is 7.12. The second kappa shape index (κ2) is 8.08. The van der Waals surface area contributed by atoms with Crippen molar-refractivity contribution in [2.75, 3.05) is 20.1 Å². The molecule has 3 nitrogen and oxygen atoms in total. The van der Waals surface area contributed by atoms with E-state index in [1.807, 2.05) is 6.41 Å². The van der Waals surface area contributed by atoms with E-state index >= 15 is 0 Å². The number of hydrogen-bond donors (Lipinski definition) is 0. The fourth-order valence-electron chi connectivity index (χ4n) is 2.33. The van der Waals surface area contributed by atoms with E-state index in [1.54, 1.807) is 17.0 Å². The third-order valence-electron chi connectivity index (χ3n) is 3.51. The summed E-state index contributed by atoms with van der Waals surface area (Å²) in [6.45, 7) is 2.52. The molecule has 101 valence electrons. The molecule has 1 fully saturated rings. The second-order valence-electron chi connectivity index (χ2n) is 4.88. The van der Waals surface area contributed by atoms with E-state index in [9.17, 15) is 9.18 Å². The monoisotopic (exact) mass is 338 g/mol. The van der Waals surface area contributed by atoms with Gasteiger partial charge in [0.2, 0.25) is 0 Å². The van der Waals surface area contributed by atoms with Crippen molar-refractivity contribution >= 4 is 6.41 Å². The topological polar surface area (TPSA) is 23.6 Å². The predicted octanol–water partition coefficient (Wildman–Crippen LogP) is 1.79. The van der Waals surface area contributed by atoms with Crippen LogP contribution in [0.15, 0.2) is 24.3 Å². The summed E-state index contributed by atoms with van der Waals surface area (Å²) in [5.74, 6) is -0.250. The minimum Gasteiger partial charge on any atom is -0.520 e. The molecule has 5 heteroatoms. The first kappa shape index (κ1) is 16.7. The molecular weight excluding hydrogens is 320 g/mol. The van der Waals surface area contributed by atoms with E-state index in [0.717, 1.165) is 31.5 Å². The van der Waals surface area contributed by atoms with Gasteiger partial charge in [0.15, 0.2) is 0 Å². The number of likely N-dealkylation sites (tertiary alicyclic amines) is 1. The third kappa shape index (κ3) is 4.94. The molecule has 0 atom stereocenters. The van der Waals surface area contributed by atoms with Crippen LogP contribution in [0, 0.1) is 5.82 Å². The van der Waals surface area contributed by atoms with E-state index in [2.05, 4.69) is 11.9 Å². The van der Waals surface area contributed by atoms with Gasteiger partial charge in [-0.2, -0.15) is 6.41 Å². The maximum atomic E-state index is 12.8. The number of nitrogens with zero attached hydrogens (tertiary/aromatic N) is 2. The van der Waals surface area contributed by atoms with E-state index in [0.29, 0.717) is 6.54 Å². The molecule has 0 N–H and O–H groups in total. The van der Waals surface area contributed by atoms with Crippen LogP contribution >= 0.6 is 0 Å². The van der Waals surface area contributed by atoms with Gasteiger partial charge in [-0.15, -0.1) is 0 Å². The molecular formula is C14H18FN2OY-. The first-order chi connectivity index (χ1) is 8.69. The zero-order chi connectivity index (χ0) is 13.0. The van der Waals surface area contributed by atoms with Crippen LogP contribution in [0.3, 0.4) is 0 Å². The Labute approximate surface area is 139 Å². The molecule has 19 heavy (non-hydrogen) atoms. The minimum absolute atomic E-state index is 0. The largest absolute Gasteiger partial charge is 0.520 e. The van der Waals surface area contributed by atoms with Crippen LogP contribution in [0.5, 0.6) is 0 Å². The molecule has 0 spiro atoms. The number of hydrogen-bond acceptors (Lipinski definition) is 2. The van der Waals surface area contributed by atoms with Gasteiger partial charge in [-0.3, -0.25) is 0 Å². The van der Waals surface area contributed by atoms with Gasteiger partial charge in [-0.25, -0.2) is 4.39 Å². The number of rotatable bonds is 4. The maximum absolute atomic E-state index is 12.8. The van der Waals surface area contributed by atoms with Crippen LogP contribution < -0.4 is 0 Å². The predicted molar refractivity (Wildman–Crippen MR) is 68.2 cm³/mol. The Hall–Kier alpha value is -0.316. The average molecular weight is 338 g/mol. The molecule has 0 saturated carbocycles. The Morgan fingerprint density at radius 2 is 1.89 bits per heavy atom. The minimum atomic E-state index is -0.250. The first-order valence-corrected chi connectivity index (χ1v) is 6.26. The molecule has 2 rings (SSSR count). The average Bonchev–Trinajstić information content (AvgIpc) is 2.39. The van der Waals surface area contributed by atoms with Crippen molar-refractivity contribution in [2.24, 2.45) is 0 Å². The van der Waals surface area contributed by atoms with Gasteiger partial charge in [0.1, 0.15) is 5.82 Å². The quantitative estimate of drug-likeness (QED) is 0.617. The van der Waals surface area contributed by atoms with E-state index in [1.165, 1.54) is 12.1 Å². The molecule has 1 aliphatic rings. The van der Waals surface area contributed by atoms with Gasteiger partial charge in [-0.1, -0.05) is 12.1 Å². The van der Waals surface area contributed by atoms with E-state index in [-0.39, 0.29) is 44.6 Å². The Bertz CT molecular complexity index is 391. The molecule has 0 bridgehead atoms. The summed E-state index contributed by atoms with van der Waals surface area (Å²) in [6, 6.07) is 6.53. The summed E-state index contributed by atoms with van der Waals surface area (Å²) in [4.78, 5) is 15.0. The molecule has 1 radical (unpaired) electrons. The van der Waals surface area contributed by atoms with Gasteiger partial charge in [0.05, 0.1) is 0 Å². The summed E-state index contributed by atoms with van der Waals surface area (Å²) in [6.07, 6.45) is 3.98. The van der Waals surface area contributed by atoms with Gasteiger partial charge < -0.3 is 14.6 Å². The maximum Gasteiger partial charge on any atom is 0.123 e. The van der Waals surface area contributed by atoms with Crippen molar-refractivity contribution in [2.45, 2.75) is 25.4 Å². The summed E-state index contributed by atoms with van der Waals surface area (Å²) in [5, 5.41) is 0. The SMILES string of the molecule is CN1CCC(N([C-]=O)Cc2ccc(F)cc2)CC1.[Y]. The van der Waals surface area contributed by atoms with Crippen LogP contribution in [-0.2, 0) is 44.0 Å². The summed E-state index contributed by atoms with van der Waals surface area (Å²) in [7, 11) is 2.09. The second-order valence-corrected chi connectivity index (χ2v) is 4.88. The van der Waals surface area contributed by atoms with Crippen LogP contribution in [0.25, 0.3) is 0 Å². The molecule has 1 aliphatic heterocycles. The molecule has 1 aromatic carbocycles. The van der Waals surface area contributed by atoms with Gasteiger partial charge in [0, 0.05) is 45.3 Å². The van der Waals surface area contributed by atoms with Crippen molar-refractivity contribution in [1.82, 2.24) is 9.80 Å². The van der Waals surface area contributed by atoms with Crippen LogP contribution in [0.2, 0.25) is 0 Å². The number of halogens is 1. The number of amides is 1. The molecule has 1 aromatic rings. The Morgan fingerprint density at radius 3 is 2.42 bits per heavy atom. The van der Waals surface area contributed by atoms with Crippen LogP contribution in [-0.4, -0.2) is 42.4 Å². The van der Waals surface area contributed by atoms with Gasteiger partial charge >= 0.3 is 0 Å². The van der Waals surface area contributed by atoms with Gasteiger partial charge in [0.25, 0.3) is 0 Å². The normalized spacial score (nSPS) is 16.7.